The molecule has 1 saturated heterocycles. The van der Waals surface area contributed by atoms with E-state index in [1.807, 2.05) is 6.08 Å². The fraction of sp³-hybridized carbons (Fsp3) is 0.844. The van der Waals surface area contributed by atoms with Crippen LogP contribution in [-0.2, 0) is 14.3 Å². The summed E-state index contributed by atoms with van der Waals surface area (Å²) in [6, 6.07) is -0.823. The van der Waals surface area contributed by atoms with Gasteiger partial charge >= 0.3 is 0 Å². The van der Waals surface area contributed by atoms with Gasteiger partial charge in [0.05, 0.1) is 25.4 Å². The summed E-state index contributed by atoms with van der Waals surface area (Å²) in [5, 5.41) is 54.0. The van der Waals surface area contributed by atoms with Crippen molar-refractivity contribution in [3.8, 4) is 0 Å². The maximum absolute atomic E-state index is 12.9. The average molecular weight is 766 g/mol. The van der Waals surface area contributed by atoms with Crippen LogP contribution in [-0.4, -0.2) is 87.5 Å². The maximum atomic E-state index is 12.9. The van der Waals surface area contributed by atoms with Gasteiger partial charge in [0.2, 0.25) is 5.91 Å². The summed E-state index contributed by atoms with van der Waals surface area (Å²) >= 11 is 0. The van der Waals surface area contributed by atoms with Gasteiger partial charge in [-0.1, -0.05) is 172 Å². The topological polar surface area (TPSA) is 149 Å². The van der Waals surface area contributed by atoms with Crippen LogP contribution in [0.25, 0.3) is 0 Å². The Balaban J connectivity index is 2.40. The van der Waals surface area contributed by atoms with Crippen molar-refractivity contribution in [1.82, 2.24) is 5.32 Å². The Morgan fingerprint density at radius 1 is 0.611 bits per heavy atom. The summed E-state index contributed by atoms with van der Waals surface area (Å²) in [6.45, 7) is 3.73. The Labute approximate surface area is 330 Å². The van der Waals surface area contributed by atoms with Crippen molar-refractivity contribution in [2.45, 2.75) is 230 Å². The van der Waals surface area contributed by atoms with Crippen LogP contribution >= 0.6 is 0 Å². The number of rotatable bonds is 36. The predicted octanol–water partition coefficient (Wildman–Crippen LogP) is 8.89. The van der Waals surface area contributed by atoms with E-state index in [0.29, 0.717) is 6.42 Å². The highest BCUT2D eigenvalue weighted by molar-refractivity contribution is 5.76. The van der Waals surface area contributed by atoms with Gasteiger partial charge in [0, 0.05) is 6.42 Å². The number of unbranched alkanes of at least 4 members (excludes halogenated alkanes) is 22. The van der Waals surface area contributed by atoms with E-state index >= 15 is 0 Å². The minimum absolute atomic E-state index is 0.193. The number of nitrogens with one attached hydrogen (secondary N) is 1. The van der Waals surface area contributed by atoms with Gasteiger partial charge in [0.15, 0.2) is 6.29 Å². The van der Waals surface area contributed by atoms with E-state index in [9.17, 15) is 30.3 Å². The molecule has 54 heavy (non-hydrogen) atoms. The van der Waals surface area contributed by atoms with E-state index in [1.54, 1.807) is 6.08 Å². The van der Waals surface area contributed by atoms with Crippen molar-refractivity contribution in [3.05, 3.63) is 36.5 Å². The SMILES string of the molecule is CCCCCCCCCCCC/C=C/CC/C=C/CC/C=C/C(O)C(COC1OC(CO)C(O)C(O)C1O)NC(=O)CCCCCCCCCCCCC. The van der Waals surface area contributed by atoms with Crippen LogP contribution in [0.4, 0.5) is 0 Å². The number of carbonyl (C=O) groups is 1. The molecule has 1 amide bonds. The quantitative estimate of drug-likeness (QED) is 0.0274. The van der Waals surface area contributed by atoms with Gasteiger partial charge < -0.3 is 40.3 Å². The zero-order valence-electron chi connectivity index (χ0n) is 34.5. The molecule has 316 valence electrons. The first-order valence-electron chi connectivity index (χ1n) is 22.2. The van der Waals surface area contributed by atoms with Gasteiger partial charge in [0.25, 0.3) is 0 Å². The second kappa shape index (κ2) is 35.8. The van der Waals surface area contributed by atoms with Crippen molar-refractivity contribution >= 4 is 5.91 Å². The van der Waals surface area contributed by atoms with Crippen LogP contribution in [0.3, 0.4) is 0 Å². The third kappa shape index (κ3) is 26.3. The van der Waals surface area contributed by atoms with E-state index in [1.165, 1.54) is 122 Å². The lowest BCUT2D eigenvalue weighted by Crippen LogP contribution is -2.60. The third-order valence-electron chi connectivity index (χ3n) is 10.4. The molecule has 0 aromatic carbocycles. The smallest absolute Gasteiger partial charge is 0.220 e. The Hall–Kier alpha value is -1.59. The third-order valence-corrected chi connectivity index (χ3v) is 10.4. The van der Waals surface area contributed by atoms with Gasteiger partial charge in [-0.2, -0.15) is 0 Å². The zero-order valence-corrected chi connectivity index (χ0v) is 34.5. The molecule has 0 bridgehead atoms. The van der Waals surface area contributed by atoms with Crippen molar-refractivity contribution in [3.63, 3.8) is 0 Å². The van der Waals surface area contributed by atoms with Crippen LogP contribution < -0.4 is 5.32 Å². The van der Waals surface area contributed by atoms with Gasteiger partial charge in [0.1, 0.15) is 24.4 Å². The van der Waals surface area contributed by atoms with Crippen LogP contribution in [0.2, 0.25) is 0 Å². The zero-order chi connectivity index (χ0) is 39.5. The number of carbonyl (C=O) groups excluding carboxylic acids is 1. The molecule has 7 unspecified atom stereocenters. The molecule has 1 heterocycles. The van der Waals surface area contributed by atoms with Crippen LogP contribution in [0.5, 0.6) is 0 Å². The van der Waals surface area contributed by atoms with Gasteiger partial charge in [-0.25, -0.2) is 0 Å². The minimum atomic E-state index is -1.57. The Morgan fingerprint density at radius 3 is 1.56 bits per heavy atom. The van der Waals surface area contributed by atoms with Crippen molar-refractivity contribution in [2.24, 2.45) is 0 Å². The molecule has 1 aliphatic rings. The summed E-state index contributed by atoms with van der Waals surface area (Å²) in [6.07, 6.45) is 36.2. The van der Waals surface area contributed by atoms with Crippen LogP contribution in [0.15, 0.2) is 36.5 Å². The highest BCUT2D eigenvalue weighted by Crippen LogP contribution is 2.22. The molecule has 0 radical (unpaired) electrons. The first-order valence-corrected chi connectivity index (χ1v) is 22.2. The normalized spacial score (nSPS) is 21.8. The maximum Gasteiger partial charge on any atom is 0.220 e. The lowest BCUT2D eigenvalue weighted by molar-refractivity contribution is -0.302. The molecule has 6 N–H and O–H groups in total. The van der Waals surface area contributed by atoms with Gasteiger partial charge in [-0.3, -0.25) is 4.79 Å². The summed E-state index contributed by atoms with van der Waals surface area (Å²) in [7, 11) is 0. The largest absolute Gasteiger partial charge is 0.394 e. The number of ether oxygens (including phenoxy) is 2. The summed E-state index contributed by atoms with van der Waals surface area (Å²) in [5.41, 5.74) is 0. The fourth-order valence-electron chi connectivity index (χ4n) is 6.83. The molecule has 1 rings (SSSR count). The molecule has 0 saturated carbocycles. The van der Waals surface area contributed by atoms with E-state index in [2.05, 4.69) is 43.5 Å². The Kier molecular flexibility index (Phi) is 33.4. The molecule has 9 heteroatoms. The molecule has 0 aromatic rings. The van der Waals surface area contributed by atoms with Crippen molar-refractivity contribution < 1.29 is 39.8 Å². The molecule has 0 aromatic heterocycles. The van der Waals surface area contributed by atoms with Crippen molar-refractivity contribution in [2.75, 3.05) is 13.2 Å². The fourth-order valence-corrected chi connectivity index (χ4v) is 6.83. The molecular weight excluding hydrogens is 682 g/mol. The highest BCUT2D eigenvalue weighted by Gasteiger charge is 2.44. The first kappa shape index (κ1) is 50.4. The van der Waals surface area contributed by atoms with E-state index in [0.717, 1.165) is 44.9 Å². The number of hydrogen-bond donors (Lipinski definition) is 6. The molecule has 0 spiro atoms. The summed E-state index contributed by atoms with van der Waals surface area (Å²) in [4.78, 5) is 12.9. The lowest BCUT2D eigenvalue weighted by Gasteiger charge is -2.40. The number of aliphatic hydroxyl groups excluding tert-OH is 5. The second-order valence-electron chi connectivity index (χ2n) is 15.5. The minimum Gasteiger partial charge on any atom is -0.394 e. The molecule has 7 atom stereocenters. The predicted molar refractivity (Wildman–Crippen MR) is 221 cm³/mol. The second-order valence-corrected chi connectivity index (χ2v) is 15.5. The molecule has 9 nitrogen and oxygen atoms in total. The molecule has 1 aliphatic heterocycles. The summed E-state index contributed by atoms with van der Waals surface area (Å²) in [5.74, 6) is -0.193. The number of aliphatic hydroxyl groups is 5. The monoisotopic (exact) mass is 766 g/mol. The van der Waals surface area contributed by atoms with Gasteiger partial charge in [-0.05, 0) is 44.9 Å². The van der Waals surface area contributed by atoms with E-state index < -0.39 is 49.5 Å². The van der Waals surface area contributed by atoms with Crippen LogP contribution in [0.1, 0.15) is 187 Å². The average Bonchev–Trinajstić information content (AvgIpc) is 3.17. The van der Waals surface area contributed by atoms with Gasteiger partial charge in [-0.15, -0.1) is 0 Å². The van der Waals surface area contributed by atoms with Crippen LogP contribution in [0, 0.1) is 0 Å². The Bertz CT molecular complexity index is 941. The number of allylic oxidation sites excluding steroid dienone is 5. The highest BCUT2D eigenvalue weighted by atomic mass is 16.7. The Morgan fingerprint density at radius 2 is 1.06 bits per heavy atom. The molecule has 1 fully saturated rings. The summed E-state index contributed by atoms with van der Waals surface area (Å²) < 4.78 is 11.2. The lowest BCUT2D eigenvalue weighted by atomic mass is 9.99. The van der Waals surface area contributed by atoms with Crippen molar-refractivity contribution in [1.29, 1.82) is 0 Å². The molecular formula is C45H83NO8. The van der Waals surface area contributed by atoms with E-state index in [4.69, 9.17) is 9.47 Å². The first-order chi connectivity index (χ1) is 26.3. The van der Waals surface area contributed by atoms with E-state index in [-0.39, 0.29) is 12.5 Å². The standard InChI is InChI=1S/C45H83NO8/c1-3-5-7-9-11-13-15-16-17-18-19-20-21-22-23-25-26-28-30-32-34-39(48)38(37-53-45-44(52)43(51)42(50)40(36-47)54-45)46-41(49)35-33-31-29-27-24-14-12-10-8-6-4-2/h20-21,25-26,32,34,38-40,42-45,47-48,50-52H,3-19,22-24,27-31,33,35-37H2,1-2H3,(H,46,49)/b21-20+,26-25+,34-32+. The number of amides is 1. The molecule has 0 aliphatic carbocycles. The number of hydrogen-bond acceptors (Lipinski definition) is 8.